The normalized spacial score (nSPS) is 11.7. The van der Waals surface area contributed by atoms with Crippen LogP contribution in [0.25, 0.3) is 0 Å². The van der Waals surface area contributed by atoms with E-state index >= 15 is 0 Å². The van der Waals surface area contributed by atoms with Crippen LogP contribution in [-0.4, -0.2) is 11.1 Å². The second-order valence-corrected chi connectivity index (χ2v) is 3.21. The number of nitrogens with zero attached hydrogens (tertiary/aromatic N) is 1. The summed E-state index contributed by atoms with van der Waals surface area (Å²) >= 11 is 0. The number of rotatable bonds is 3. The number of carboxylic acid groups (broad SMARTS) is 1. The van der Waals surface area contributed by atoms with Crippen LogP contribution in [0.5, 0.6) is 0 Å². The topological polar surface area (TPSA) is 61.1 Å². The lowest BCUT2D eigenvalue weighted by Crippen LogP contribution is -2.14. The Morgan fingerprint density at radius 1 is 1.50 bits per heavy atom. The Kier molecular flexibility index (Phi) is 3.24. The lowest BCUT2D eigenvalue weighted by Gasteiger charge is -2.03. The summed E-state index contributed by atoms with van der Waals surface area (Å²) in [5.41, 5.74) is 2.00. The highest BCUT2D eigenvalue weighted by Gasteiger charge is 2.16. The Bertz CT molecular complexity index is 362. The van der Waals surface area contributed by atoms with Gasteiger partial charge in [-0.1, -0.05) is 29.8 Å². The van der Waals surface area contributed by atoms with Crippen LogP contribution in [0.15, 0.2) is 24.3 Å². The number of aryl methyl sites for hydroxylation is 1. The molecule has 3 heteroatoms. The number of hydrogen-bond donors (Lipinski definition) is 1. The number of aliphatic carboxylic acids is 1. The molecule has 1 aromatic carbocycles. The predicted molar refractivity (Wildman–Crippen MR) is 51.6 cm³/mol. The molecule has 0 aliphatic rings. The van der Waals surface area contributed by atoms with E-state index < -0.39 is 11.9 Å². The second kappa shape index (κ2) is 4.43. The summed E-state index contributed by atoms with van der Waals surface area (Å²) < 4.78 is 0. The molecule has 0 amide bonds. The minimum atomic E-state index is -1.06. The fraction of sp³-hybridized carbons (Fsp3) is 0.273. The maximum Gasteiger partial charge on any atom is 0.321 e. The van der Waals surface area contributed by atoms with Crippen molar-refractivity contribution >= 4 is 5.97 Å². The zero-order valence-electron chi connectivity index (χ0n) is 7.90. The van der Waals surface area contributed by atoms with Crippen LogP contribution < -0.4 is 0 Å². The van der Waals surface area contributed by atoms with Gasteiger partial charge in [0, 0.05) is 0 Å². The first-order valence-electron chi connectivity index (χ1n) is 4.31. The lowest BCUT2D eigenvalue weighted by atomic mass is 10.0. The van der Waals surface area contributed by atoms with E-state index in [1.807, 2.05) is 31.2 Å². The van der Waals surface area contributed by atoms with E-state index in [0.29, 0.717) is 0 Å². The summed E-state index contributed by atoms with van der Waals surface area (Å²) in [7, 11) is 0. The van der Waals surface area contributed by atoms with Gasteiger partial charge < -0.3 is 5.11 Å². The summed E-state index contributed by atoms with van der Waals surface area (Å²) in [4.78, 5) is 10.6. The molecule has 0 heterocycles. The molecule has 0 radical (unpaired) electrons. The molecule has 0 aliphatic heterocycles. The molecule has 0 aromatic heterocycles. The third-order valence-corrected chi connectivity index (χ3v) is 2.01. The van der Waals surface area contributed by atoms with Gasteiger partial charge in [-0.25, -0.2) is 0 Å². The molecule has 1 rings (SSSR count). The third-order valence-electron chi connectivity index (χ3n) is 2.01. The molecule has 0 fully saturated rings. The minimum Gasteiger partial charge on any atom is -0.480 e. The molecule has 0 saturated heterocycles. The van der Waals surface area contributed by atoms with Crippen molar-refractivity contribution in [3.63, 3.8) is 0 Å². The van der Waals surface area contributed by atoms with Crippen LogP contribution in [0.1, 0.15) is 11.1 Å². The SMILES string of the molecule is Cc1ccc(C[C@H](C#N)C(=O)O)cc1. The molecule has 0 saturated carbocycles. The van der Waals surface area contributed by atoms with Crippen molar-refractivity contribution in [2.75, 3.05) is 0 Å². The van der Waals surface area contributed by atoms with Crippen molar-refractivity contribution < 1.29 is 9.90 Å². The number of hydrogen-bond acceptors (Lipinski definition) is 2. The van der Waals surface area contributed by atoms with Gasteiger partial charge in [0.2, 0.25) is 0 Å². The average molecular weight is 189 g/mol. The molecular weight excluding hydrogens is 178 g/mol. The Balaban J connectivity index is 2.74. The molecular formula is C11H11NO2. The molecule has 3 nitrogen and oxygen atoms in total. The smallest absolute Gasteiger partial charge is 0.321 e. The van der Waals surface area contributed by atoms with E-state index in [4.69, 9.17) is 10.4 Å². The van der Waals surface area contributed by atoms with Crippen LogP contribution >= 0.6 is 0 Å². The molecule has 1 N–H and O–H groups in total. The Morgan fingerprint density at radius 2 is 2.07 bits per heavy atom. The van der Waals surface area contributed by atoms with Crippen LogP contribution in [0, 0.1) is 24.2 Å². The largest absolute Gasteiger partial charge is 0.480 e. The summed E-state index contributed by atoms with van der Waals surface area (Å²) in [6, 6.07) is 9.28. The Morgan fingerprint density at radius 3 is 2.50 bits per heavy atom. The van der Waals surface area contributed by atoms with Crippen LogP contribution in [-0.2, 0) is 11.2 Å². The van der Waals surface area contributed by atoms with Crippen molar-refractivity contribution in [2.45, 2.75) is 13.3 Å². The molecule has 72 valence electrons. The van der Waals surface area contributed by atoms with Crippen molar-refractivity contribution in [3.05, 3.63) is 35.4 Å². The fourth-order valence-corrected chi connectivity index (χ4v) is 1.15. The summed E-state index contributed by atoms with van der Waals surface area (Å²) in [5, 5.41) is 17.2. The number of benzene rings is 1. The zero-order chi connectivity index (χ0) is 10.6. The monoisotopic (exact) mass is 189 g/mol. The van der Waals surface area contributed by atoms with Gasteiger partial charge in [0.1, 0.15) is 5.92 Å². The first-order valence-corrected chi connectivity index (χ1v) is 4.31. The minimum absolute atomic E-state index is 0.270. The first-order chi connectivity index (χ1) is 6.63. The van der Waals surface area contributed by atoms with Gasteiger partial charge in [0.15, 0.2) is 0 Å². The van der Waals surface area contributed by atoms with E-state index in [1.54, 1.807) is 6.07 Å². The quantitative estimate of drug-likeness (QED) is 0.788. The van der Waals surface area contributed by atoms with E-state index in [0.717, 1.165) is 11.1 Å². The van der Waals surface area contributed by atoms with Crippen LogP contribution in [0.4, 0.5) is 0 Å². The fourth-order valence-electron chi connectivity index (χ4n) is 1.15. The average Bonchev–Trinajstić information content (AvgIpc) is 2.16. The Hall–Kier alpha value is -1.82. The Labute approximate surface area is 82.6 Å². The van der Waals surface area contributed by atoms with Crippen molar-refractivity contribution in [2.24, 2.45) is 5.92 Å². The van der Waals surface area contributed by atoms with Crippen molar-refractivity contribution in [1.82, 2.24) is 0 Å². The molecule has 14 heavy (non-hydrogen) atoms. The number of carbonyl (C=O) groups is 1. The van der Waals surface area contributed by atoms with Crippen molar-refractivity contribution in [3.8, 4) is 6.07 Å². The molecule has 1 atom stereocenters. The molecule has 0 bridgehead atoms. The van der Waals surface area contributed by atoms with Crippen LogP contribution in [0.3, 0.4) is 0 Å². The summed E-state index contributed by atoms with van der Waals surface area (Å²) in [6.07, 6.45) is 0.270. The van der Waals surface area contributed by atoms with Gasteiger partial charge >= 0.3 is 5.97 Å². The van der Waals surface area contributed by atoms with E-state index in [1.165, 1.54) is 0 Å². The van der Waals surface area contributed by atoms with Gasteiger partial charge in [-0.05, 0) is 18.9 Å². The van der Waals surface area contributed by atoms with Crippen molar-refractivity contribution in [1.29, 1.82) is 5.26 Å². The van der Waals surface area contributed by atoms with Gasteiger partial charge in [0.25, 0.3) is 0 Å². The third kappa shape index (κ3) is 2.60. The highest BCUT2D eigenvalue weighted by Crippen LogP contribution is 2.09. The maximum atomic E-state index is 10.6. The van der Waals surface area contributed by atoms with Gasteiger partial charge in [-0.15, -0.1) is 0 Å². The van der Waals surface area contributed by atoms with Crippen LogP contribution in [0.2, 0.25) is 0 Å². The maximum absolute atomic E-state index is 10.6. The first kappa shape index (κ1) is 10.3. The highest BCUT2D eigenvalue weighted by atomic mass is 16.4. The number of nitriles is 1. The molecule has 0 spiro atoms. The zero-order valence-corrected chi connectivity index (χ0v) is 7.90. The standard InChI is InChI=1S/C11H11NO2/c1-8-2-4-9(5-3-8)6-10(7-12)11(13)14/h2-5,10H,6H2,1H3,(H,13,14)/t10-/m1/s1. The summed E-state index contributed by atoms with van der Waals surface area (Å²) in [5.74, 6) is -2.01. The van der Waals surface area contributed by atoms with Gasteiger partial charge in [-0.2, -0.15) is 5.26 Å². The van der Waals surface area contributed by atoms with E-state index in [2.05, 4.69) is 0 Å². The summed E-state index contributed by atoms with van der Waals surface area (Å²) in [6.45, 7) is 1.96. The number of carboxylic acids is 1. The van der Waals surface area contributed by atoms with E-state index in [-0.39, 0.29) is 6.42 Å². The molecule has 0 aliphatic carbocycles. The second-order valence-electron chi connectivity index (χ2n) is 3.21. The predicted octanol–water partition coefficient (Wildman–Crippen LogP) is 1.76. The van der Waals surface area contributed by atoms with Gasteiger partial charge in [-0.3, -0.25) is 4.79 Å². The van der Waals surface area contributed by atoms with Gasteiger partial charge in [0.05, 0.1) is 6.07 Å². The highest BCUT2D eigenvalue weighted by molar-refractivity contribution is 5.73. The van der Waals surface area contributed by atoms with E-state index in [9.17, 15) is 4.79 Å². The molecule has 0 unspecified atom stereocenters. The molecule has 1 aromatic rings. The lowest BCUT2D eigenvalue weighted by molar-refractivity contribution is -0.139.